The van der Waals surface area contributed by atoms with Gasteiger partial charge in [-0.15, -0.1) is 12.4 Å². The van der Waals surface area contributed by atoms with Crippen molar-refractivity contribution in [2.24, 2.45) is 0 Å². The molecule has 1 aromatic rings. The van der Waals surface area contributed by atoms with Crippen LogP contribution in [0.15, 0.2) is 18.2 Å². The second kappa shape index (κ2) is 7.31. The van der Waals surface area contributed by atoms with Crippen LogP contribution in [0.2, 0.25) is 0 Å². The van der Waals surface area contributed by atoms with Crippen LogP contribution < -0.4 is 15.4 Å². The van der Waals surface area contributed by atoms with Gasteiger partial charge in [0.15, 0.2) is 0 Å². The van der Waals surface area contributed by atoms with Gasteiger partial charge < -0.3 is 15.4 Å². The van der Waals surface area contributed by atoms with Crippen LogP contribution in [-0.4, -0.2) is 25.6 Å². The Kier molecular flexibility index (Phi) is 6.05. The first-order chi connectivity index (χ1) is 8.70. The number of carbonyl (C=O) groups excluding carboxylic acids is 1. The molecule has 1 fully saturated rings. The van der Waals surface area contributed by atoms with Gasteiger partial charge in [0, 0.05) is 6.07 Å². The maximum absolute atomic E-state index is 13.5. The van der Waals surface area contributed by atoms with Gasteiger partial charge in [0.25, 0.3) is 0 Å². The Morgan fingerprint density at radius 3 is 2.89 bits per heavy atom. The standard InChI is InChI=1S/C13H17FN2O2.ClH/c1-18-9-5-6-10(14)12(8-9)16-13(17)11-4-2-3-7-15-11;/h5-6,8,11,15H,2-4,7H2,1H3,(H,16,17);1H/t11-;/m1./s1. The Morgan fingerprint density at radius 2 is 2.26 bits per heavy atom. The van der Waals surface area contributed by atoms with E-state index in [0.717, 1.165) is 25.8 Å². The molecule has 2 rings (SSSR count). The van der Waals surface area contributed by atoms with Gasteiger partial charge in [-0.1, -0.05) is 6.42 Å². The molecule has 1 atom stereocenters. The third kappa shape index (κ3) is 4.08. The highest BCUT2D eigenvalue weighted by Crippen LogP contribution is 2.21. The SMILES string of the molecule is COc1ccc(F)c(NC(=O)[C@H]2CCCCN2)c1.Cl. The highest BCUT2D eigenvalue weighted by atomic mass is 35.5. The van der Waals surface area contributed by atoms with Gasteiger partial charge >= 0.3 is 0 Å². The van der Waals surface area contributed by atoms with E-state index in [2.05, 4.69) is 10.6 Å². The molecule has 0 aliphatic carbocycles. The Bertz CT molecular complexity index is 437. The zero-order valence-corrected chi connectivity index (χ0v) is 11.6. The molecule has 4 nitrogen and oxygen atoms in total. The average Bonchev–Trinajstić information content (AvgIpc) is 2.42. The van der Waals surface area contributed by atoms with Gasteiger partial charge in [-0.25, -0.2) is 4.39 Å². The maximum atomic E-state index is 13.5. The first kappa shape index (κ1) is 15.7. The number of halogens is 2. The number of rotatable bonds is 3. The van der Waals surface area contributed by atoms with E-state index in [0.29, 0.717) is 5.75 Å². The van der Waals surface area contributed by atoms with Crippen molar-refractivity contribution in [3.8, 4) is 5.75 Å². The number of methoxy groups -OCH3 is 1. The quantitative estimate of drug-likeness (QED) is 0.897. The number of anilines is 1. The van der Waals surface area contributed by atoms with Crippen molar-refractivity contribution in [3.05, 3.63) is 24.0 Å². The molecular formula is C13H18ClFN2O2. The van der Waals surface area contributed by atoms with Crippen LogP contribution in [0, 0.1) is 5.82 Å². The zero-order valence-electron chi connectivity index (χ0n) is 10.7. The van der Waals surface area contributed by atoms with Gasteiger partial charge in [0.2, 0.25) is 5.91 Å². The number of nitrogens with one attached hydrogen (secondary N) is 2. The topological polar surface area (TPSA) is 50.4 Å². The van der Waals surface area contributed by atoms with Crippen molar-refractivity contribution < 1.29 is 13.9 Å². The van der Waals surface area contributed by atoms with Crippen molar-refractivity contribution in [3.63, 3.8) is 0 Å². The number of carbonyl (C=O) groups is 1. The van der Waals surface area contributed by atoms with E-state index in [1.54, 1.807) is 0 Å². The maximum Gasteiger partial charge on any atom is 0.241 e. The molecule has 1 aliphatic rings. The summed E-state index contributed by atoms with van der Waals surface area (Å²) >= 11 is 0. The number of hydrogen-bond acceptors (Lipinski definition) is 3. The van der Waals surface area contributed by atoms with Crippen LogP contribution in [0.1, 0.15) is 19.3 Å². The normalized spacial score (nSPS) is 18.3. The fraction of sp³-hybridized carbons (Fsp3) is 0.462. The van der Waals surface area contributed by atoms with Crippen molar-refractivity contribution >= 4 is 24.0 Å². The van der Waals surface area contributed by atoms with Gasteiger partial charge in [-0.05, 0) is 31.5 Å². The number of benzene rings is 1. The number of hydrogen-bond donors (Lipinski definition) is 2. The van der Waals surface area contributed by atoms with Gasteiger partial charge in [-0.3, -0.25) is 4.79 Å². The third-order valence-electron chi connectivity index (χ3n) is 3.06. The van der Waals surface area contributed by atoms with Crippen molar-refractivity contribution in [1.82, 2.24) is 5.32 Å². The number of amides is 1. The van der Waals surface area contributed by atoms with Crippen LogP contribution in [-0.2, 0) is 4.79 Å². The molecule has 2 N–H and O–H groups in total. The summed E-state index contributed by atoms with van der Waals surface area (Å²) in [4.78, 5) is 11.9. The van der Waals surface area contributed by atoms with E-state index in [1.807, 2.05) is 0 Å². The fourth-order valence-electron chi connectivity index (χ4n) is 2.02. The van der Waals surface area contributed by atoms with Crippen LogP contribution in [0.25, 0.3) is 0 Å². The Labute approximate surface area is 118 Å². The first-order valence-electron chi connectivity index (χ1n) is 6.08. The number of piperidine rings is 1. The Hall–Kier alpha value is -1.33. The van der Waals surface area contributed by atoms with E-state index in [1.165, 1.54) is 25.3 Å². The predicted octanol–water partition coefficient (Wildman–Crippen LogP) is 2.34. The molecule has 1 aliphatic heterocycles. The lowest BCUT2D eigenvalue weighted by atomic mass is 10.0. The smallest absolute Gasteiger partial charge is 0.241 e. The minimum atomic E-state index is -0.458. The molecule has 1 heterocycles. The molecule has 19 heavy (non-hydrogen) atoms. The minimum absolute atomic E-state index is 0. The third-order valence-corrected chi connectivity index (χ3v) is 3.06. The van der Waals surface area contributed by atoms with Crippen molar-refractivity contribution in [2.75, 3.05) is 19.0 Å². The summed E-state index contributed by atoms with van der Waals surface area (Å²) < 4.78 is 18.5. The van der Waals surface area contributed by atoms with Crippen LogP contribution in [0.4, 0.5) is 10.1 Å². The summed E-state index contributed by atoms with van der Waals surface area (Å²) in [5.41, 5.74) is 0.159. The summed E-state index contributed by atoms with van der Waals surface area (Å²) in [6, 6.07) is 4.05. The van der Waals surface area contributed by atoms with E-state index in [9.17, 15) is 9.18 Å². The van der Waals surface area contributed by atoms with E-state index < -0.39 is 5.82 Å². The lowest BCUT2D eigenvalue weighted by Crippen LogP contribution is -2.43. The summed E-state index contributed by atoms with van der Waals surface area (Å²) in [5.74, 6) is -0.134. The van der Waals surface area contributed by atoms with E-state index in [4.69, 9.17) is 4.74 Å². The molecule has 1 amide bonds. The monoisotopic (exact) mass is 288 g/mol. The largest absolute Gasteiger partial charge is 0.497 e. The van der Waals surface area contributed by atoms with Crippen LogP contribution >= 0.6 is 12.4 Å². The molecule has 1 aromatic carbocycles. The summed E-state index contributed by atoms with van der Waals surface area (Å²) in [6.45, 7) is 0.832. The first-order valence-corrected chi connectivity index (χ1v) is 6.08. The molecule has 0 radical (unpaired) electrons. The minimum Gasteiger partial charge on any atom is -0.497 e. The summed E-state index contributed by atoms with van der Waals surface area (Å²) in [7, 11) is 1.50. The fourth-order valence-corrected chi connectivity index (χ4v) is 2.02. The molecule has 0 aromatic heterocycles. The van der Waals surface area contributed by atoms with Crippen molar-refractivity contribution in [1.29, 1.82) is 0 Å². The molecule has 0 saturated carbocycles. The molecule has 0 spiro atoms. The molecule has 0 unspecified atom stereocenters. The van der Waals surface area contributed by atoms with E-state index in [-0.39, 0.29) is 30.0 Å². The van der Waals surface area contributed by atoms with E-state index >= 15 is 0 Å². The number of ether oxygens (including phenoxy) is 1. The lowest BCUT2D eigenvalue weighted by molar-refractivity contribution is -0.118. The Morgan fingerprint density at radius 1 is 1.47 bits per heavy atom. The predicted molar refractivity (Wildman–Crippen MR) is 74.5 cm³/mol. The van der Waals surface area contributed by atoms with Gasteiger partial charge in [0.1, 0.15) is 11.6 Å². The average molecular weight is 289 g/mol. The molecule has 1 saturated heterocycles. The lowest BCUT2D eigenvalue weighted by Gasteiger charge is -2.22. The van der Waals surface area contributed by atoms with Gasteiger partial charge in [0.05, 0.1) is 18.8 Å². The Balaban J connectivity index is 0.00000180. The molecule has 0 bridgehead atoms. The van der Waals surface area contributed by atoms with Gasteiger partial charge in [-0.2, -0.15) is 0 Å². The summed E-state index contributed by atoms with van der Waals surface area (Å²) in [5, 5.41) is 5.72. The summed E-state index contributed by atoms with van der Waals surface area (Å²) in [6.07, 6.45) is 2.89. The van der Waals surface area contributed by atoms with Crippen LogP contribution in [0.5, 0.6) is 5.75 Å². The molecule has 6 heteroatoms. The molecular weight excluding hydrogens is 271 g/mol. The van der Waals surface area contributed by atoms with Crippen molar-refractivity contribution in [2.45, 2.75) is 25.3 Å². The second-order valence-electron chi connectivity index (χ2n) is 4.34. The second-order valence-corrected chi connectivity index (χ2v) is 4.34. The molecule has 106 valence electrons. The highest BCUT2D eigenvalue weighted by Gasteiger charge is 2.21. The van der Waals surface area contributed by atoms with Crippen LogP contribution in [0.3, 0.4) is 0 Å². The highest BCUT2D eigenvalue weighted by molar-refractivity contribution is 5.95. The zero-order chi connectivity index (χ0) is 13.0.